The smallest absolute Gasteiger partial charge is 0.303 e. The second-order valence-electron chi connectivity index (χ2n) is 10.9. The van der Waals surface area contributed by atoms with Crippen molar-refractivity contribution in [3.05, 3.63) is 65.4 Å². The number of ether oxygens (including phenoxy) is 1. The van der Waals surface area contributed by atoms with E-state index in [1.165, 1.54) is 6.92 Å². The molecule has 1 aromatic heterocycles. The van der Waals surface area contributed by atoms with E-state index in [0.29, 0.717) is 52.8 Å². The van der Waals surface area contributed by atoms with Crippen LogP contribution in [0.5, 0.6) is 5.75 Å². The summed E-state index contributed by atoms with van der Waals surface area (Å²) in [5.74, 6) is -2.82. The molecule has 47 heavy (non-hydrogen) atoms. The largest absolute Gasteiger partial charge is 0.494 e. The van der Waals surface area contributed by atoms with Crippen molar-refractivity contribution in [2.24, 2.45) is 11.5 Å². The molecule has 0 bridgehead atoms. The zero-order chi connectivity index (χ0) is 34.6. The van der Waals surface area contributed by atoms with E-state index in [1.807, 2.05) is 0 Å². The molecule has 2 unspecified atom stereocenters. The van der Waals surface area contributed by atoms with E-state index in [-0.39, 0.29) is 43.8 Å². The Hall–Kier alpha value is -4.96. The number of aliphatic carboxylic acids is 1. The molecule has 254 valence electrons. The van der Waals surface area contributed by atoms with Crippen LogP contribution in [0, 0.1) is 5.41 Å². The highest BCUT2D eigenvalue weighted by Crippen LogP contribution is 2.25. The van der Waals surface area contributed by atoms with Gasteiger partial charge in [-0.1, -0.05) is 24.3 Å². The van der Waals surface area contributed by atoms with E-state index >= 15 is 0 Å². The molecule has 0 fully saturated rings. The van der Waals surface area contributed by atoms with Crippen LogP contribution in [-0.4, -0.2) is 72.5 Å². The van der Waals surface area contributed by atoms with Gasteiger partial charge in [0.1, 0.15) is 23.7 Å². The number of amides is 3. The number of aromatic nitrogens is 1. The maximum absolute atomic E-state index is 13.6. The fourth-order valence-corrected chi connectivity index (χ4v) is 5.43. The molecule has 3 amide bonds. The van der Waals surface area contributed by atoms with E-state index in [1.54, 1.807) is 48.7 Å². The van der Waals surface area contributed by atoms with Crippen molar-refractivity contribution in [2.75, 3.05) is 12.4 Å². The van der Waals surface area contributed by atoms with Gasteiger partial charge < -0.3 is 36.9 Å². The van der Waals surface area contributed by atoms with Crippen LogP contribution < -0.4 is 31.6 Å². The van der Waals surface area contributed by atoms with Crippen LogP contribution in [0.3, 0.4) is 0 Å². The van der Waals surface area contributed by atoms with Crippen LogP contribution in [0.2, 0.25) is 0 Å². The predicted molar refractivity (Wildman–Crippen MR) is 175 cm³/mol. The Morgan fingerprint density at radius 3 is 2.36 bits per heavy atom. The number of aromatic amines is 1. The van der Waals surface area contributed by atoms with Crippen molar-refractivity contribution in [3.63, 3.8) is 0 Å². The van der Waals surface area contributed by atoms with E-state index in [0.717, 1.165) is 0 Å². The number of rotatable bonds is 20. The summed E-state index contributed by atoms with van der Waals surface area (Å²) in [5.41, 5.74) is 13.3. The topological polar surface area (TPSA) is 260 Å². The molecule has 2 aromatic carbocycles. The summed E-state index contributed by atoms with van der Waals surface area (Å²) >= 11 is 0. The molecule has 1 heterocycles. The van der Waals surface area contributed by atoms with Crippen molar-refractivity contribution < 1.29 is 37.4 Å². The number of fused-ring (bicyclic) bond motifs is 1. The van der Waals surface area contributed by atoms with Gasteiger partial charge in [-0.3, -0.25) is 24.6 Å². The molecular formula is C31H41N7O8S. The lowest BCUT2D eigenvalue weighted by Crippen LogP contribution is -2.54. The number of sulfonamides is 1. The molecule has 0 aliphatic rings. The molecule has 0 aliphatic heterocycles. The van der Waals surface area contributed by atoms with Gasteiger partial charge in [0.2, 0.25) is 27.7 Å². The Balaban J connectivity index is 1.77. The van der Waals surface area contributed by atoms with E-state index in [9.17, 15) is 27.6 Å². The van der Waals surface area contributed by atoms with Crippen molar-refractivity contribution in [1.29, 1.82) is 5.41 Å². The maximum atomic E-state index is 13.6. The minimum atomic E-state index is -3.88. The van der Waals surface area contributed by atoms with E-state index < -0.39 is 45.8 Å². The Morgan fingerprint density at radius 1 is 1.00 bits per heavy atom. The number of nitrogens with one attached hydrogen (secondary N) is 5. The average Bonchev–Trinajstić information content (AvgIpc) is 3.42. The number of H-pyrrole nitrogens is 1. The quantitative estimate of drug-likeness (QED) is 0.0483. The van der Waals surface area contributed by atoms with Crippen molar-refractivity contribution in [2.45, 2.75) is 64.1 Å². The molecule has 16 heteroatoms. The van der Waals surface area contributed by atoms with E-state index in [2.05, 4.69) is 20.3 Å². The van der Waals surface area contributed by atoms with Crippen LogP contribution >= 0.6 is 0 Å². The standard InChI is InChI=1S/C31H41N7O8S/c1-2-47(44,45)38-26(15-21-18-35-24-11-10-22(16-23(21)24)46-14-4-3-5-28(40)41)31(43)37-25(12-13-27(32)39)30(42)36-17-19-6-8-20(9-7-19)29(33)34/h6-11,16,18,25-26,35,38H,2-5,12-15,17H2,1H3,(H2,32,39)(H3,33,34)(H,36,42)(H,37,43)(H,40,41). The summed E-state index contributed by atoms with van der Waals surface area (Å²) in [6.45, 7) is 1.80. The van der Waals surface area contributed by atoms with Gasteiger partial charge >= 0.3 is 5.97 Å². The second-order valence-corrected chi connectivity index (χ2v) is 12.9. The average molecular weight is 672 g/mol. The fraction of sp³-hybridized carbons (Fsp3) is 0.387. The highest BCUT2D eigenvalue weighted by atomic mass is 32.2. The summed E-state index contributed by atoms with van der Waals surface area (Å²) in [6.07, 6.45) is 2.29. The zero-order valence-corrected chi connectivity index (χ0v) is 26.8. The molecule has 3 rings (SSSR count). The first-order valence-corrected chi connectivity index (χ1v) is 16.7. The molecule has 3 aromatic rings. The number of amidine groups is 1. The first-order valence-electron chi connectivity index (χ1n) is 15.0. The third-order valence-corrected chi connectivity index (χ3v) is 8.68. The molecule has 2 atom stereocenters. The Labute approximate surface area is 272 Å². The lowest BCUT2D eigenvalue weighted by atomic mass is 10.0. The molecule has 0 saturated carbocycles. The molecule has 0 saturated heterocycles. The number of nitrogen functional groups attached to an aromatic ring is 1. The first kappa shape index (κ1) is 36.5. The zero-order valence-electron chi connectivity index (χ0n) is 26.0. The van der Waals surface area contributed by atoms with Crippen LogP contribution in [0.4, 0.5) is 0 Å². The summed E-state index contributed by atoms with van der Waals surface area (Å²) < 4.78 is 33.4. The monoisotopic (exact) mass is 671 g/mol. The lowest BCUT2D eigenvalue weighted by molar-refractivity contribution is -0.137. The third-order valence-electron chi connectivity index (χ3n) is 7.28. The van der Waals surface area contributed by atoms with Gasteiger partial charge in [-0.15, -0.1) is 0 Å². The molecule has 0 radical (unpaired) electrons. The van der Waals surface area contributed by atoms with Crippen LogP contribution in [0.15, 0.2) is 48.7 Å². The molecular weight excluding hydrogens is 630 g/mol. The van der Waals surface area contributed by atoms with Gasteiger partial charge in [0.15, 0.2) is 0 Å². The minimum Gasteiger partial charge on any atom is -0.494 e. The van der Waals surface area contributed by atoms with Crippen molar-refractivity contribution >= 4 is 50.5 Å². The first-order chi connectivity index (χ1) is 22.3. The highest BCUT2D eigenvalue weighted by Gasteiger charge is 2.29. The lowest BCUT2D eigenvalue weighted by Gasteiger charge is -2.23. The predicted octanol–water partition coefficient (Wildman–Crippen LogP) is 1.00. The highest BCUT2D eigenvalue weighted by molar-refractivity contribution is 7.89. The van der Waals surface area contributed by atoms with Gasteiger partial charge in [0.25, 0.3) is 0 Å². The Bertz CT molecular complexity index is 1690. The number of carboxylic acid groups (broad SMARTS) is 1. The SMILES string of the molecule is CCS(=O)(=O)NC(Cc1c[nH]c2ccc(OCCCCC(=O)O)cc12)C(=O)NC(CCC(N)=O)C(=O)NCc1ccc(C(=N)N)cc1. The third kappa shape index (κ3) is 11.7. The minimum absolute atomic E-state index is 0.0442. The summed E-state index contributed by atoms with van der Waals surface area (Å²) in [7, 11) is -3.88. The number of hydrogen-bond acceptors (Lipinski definition) is 8. The van der Waals surface area contributed by atoms with Crippen LogP contribution in [0.1, 0.15) is 55.7 Å². The van der Waals surface area contributed by atoms with Crippen LogP contribution in [0.25, 0.3) is 10.9 Å². The normalized spacial score (nSPS) is 12.6. The summed E-state index contributed by atoms with van der Waals surface area (Å²) in [5, 5.41) is 22.3. The number of nitrogens with two attached hydrogens (primary N) is 2. The summed E-state index contributed by atoms with van der Waals surface area (Å²) in [4.78, 5) is 52.2. The number of hydrogen-bond donors (Lipinski definition) is 8. The van der Waals surface area contributed by atoms with Gasteiger partial charge in [-0.25, -0.2) is 13.1 Å². The number of benzene rings is 2. The molecule has 15 nitrogen and oxygen atoms in total. The van der Waals surface area contributed by atoms with Gasteiger partial charge in [-0.2, -0.15) is 0 Å². The summed E-state index contributed by atoms with van der Waals surface area (Å²) in [6, 6.07) is 9.35. The molecule has 10 N–H and O–H groups in total. The number of carbonyl (C=O) groups excluding carboxylic acids is 3. The van der Waals surface area contributed by atoms with Gasteiger partial charge in [-0.05, 0) is 61.9 Å². The van der Waals surface area contributed by atoms with Gasteiger partial charge in [0, 0.05) is 42.0 Å². The van der Waals surface area contributed by atoms with Crippen LogP contribution in [-0.2, 0) is 42.2 Å². The van der Waals surface area contributed by atoms with E-state index in [4.69, 9.17) is 26.7 Å². The second kappa shape index (κ2) is 17.1. The van der Waals surface area contributed by atoms with Crippen molar-refractivity contribution in [3.8, 4) is 5.75 Å². The molecule has 0 aliphatic carbocycles. The number of primary amides is 1. The van der Waals surface area contributed by atoms with Crippen molar-refractivity contribution in [1.82, 2.24) is 20.3 Å². The Morgan fingerprint density at radius 2 is 1.72 bits per heavy atom. The molecule has 0 spiro atoms. The fourth-order valence-electron chi connectivity index (χ4n) is 4.63. The van der Waals surface area contributed by atoms with Gasteiger partial charge in [0.05, 0.1) is 12.4 Å². The maximum Gasteiger partial charge on any atom is 0.303 e. The number of unbranched alkanes of at least 4 members (excludes halogenated alkanes) is 1. The number of carboxylic acids is 1. The number of carbonyl (C=O) groups is 4. The Kier molecular flexibility index (Phi) is 13.3.